The second kappa shape index (κ2) is 3.10. The number of aliphatic hydroxyl groups excluding tert-OH is 1. The van der Waals surface area contributed by atoms with Gasteiger partial charge >= 0.3 is 5.38 Å². The summed E-state index contributed by atoms with van der Waals surface area (Å²) in [5, 5.41) is 3.10. The zero-order valence-electron chi connectivity index (χ0n) is 5.00. The van der Waals surface area contributed by atoms with Crippen LogP contribution in [0, 0.1) is 0 Å². The Balaban J connectivity index is 4.61. The zero-order chi connectivity index (χ0) is 9.28. The molecule has 0 saturated carbocycles. The number of aliphatic hydroxyl groups is 1. The van der Waals surface area contributed by atoms with Crippen molar-refractivity contribution in [1.82, 2.24) is 0 Å². The van der Waals surface area contributed by atoms with Crippen LogP contribution in [0.15, 0.2) is 0 Å². The molecule has 1 unspecified atom stereocenters. The smallest absolute Gasteiger partial charge is 0.363 e. The van der Waals surface area contributed by atoms with Gasteiger partial charge in [0.05, 0.1) is 6.61 Å². The summed E-state index contributed by atoms with van der Waals surface area (Å²) in [5.41, 5.74) is -4.37. The van der Waals surface area contributed by atoms with Gasteiger partial charge in [0.1, 0.15) is 0 Å². The Morgan fingerprint density at radius 1 is 1.27 bits per heavy atom. The van der Waals surface area contributed by atoms with Crippen LogP contribution in [0.1, 0.15) is 0 Å². The highest BCUT2D eigenvalue weighted by Crippen LogP contribution is 2.40. The number of halogens is 6. The molecule has 0 saturated heterocycles. The fourth-order valence-electron chi connectivity index (χ4n) is 0.282. The number of hydrogen-bond acceptors (Lipinski definition) is 1. The van der Waals surface area contributed by atoms with Gasteiger partial charge in [0.15, 0.2) is 0 Å². The summed E-state index contributed by atoms with van der Waals surface area (Å²) in [6.07, 6.45) is -4.03. The number of hydrogen-bond donors (Lipinski definition) is 1. The molecular formula is C4H4ClF5O. The lowest BCUT2D eigenvalue weighted by atomic mass is 10.1. The minimum Gasteiger partial charge on any atom is -0.393 e. The van der Waals surface area contributed by atoms with Gasteiger partial charge in [-0.2, -0.15) is 8.78 Å². The van der Waals surface area contributed by atoms with Gasteiger partial charge in [0.25, 0.3) is 12.1 Å². The van der Waals surface area contributed by atoms with E-state index in [1.807, 2.05) is 0 Å². The molecule has 0 spiro atoms. The average Bonchev–Trinajstić information content (AvgIpc) is 1.83. The summed E-state index contributed by atoms with van der Waals surface area (Å²) in [5.74, 6) is 0. The Labute approximate surface area is 63.8 Å². The fourth-order valence-corrected chi connectivity index (χ4v) is 0.425. The van der Waals surface area contributed by atoms with Gasteiger partial charge in [-0.1, -0.05) is 0 Å². The Kier molecular flexibility index (Phi) is 3.07. The molecule has 7 heteroatoms. The molecule has 0 aromatic rings. The van der Waals surface area contributed by atoms with Crippen LogP contribution in [0.2, 0.25) is 0 Å². The molecule has 0 heterocycles. The molecule has 0 aliphatic rings. The molecule has 0 radical (unpaired) electrons. The van der Waals surface area contributed by atoms with E-state index in [0.29, 0.717) is 0 Å². The van der Waals surface area contributed by atoms with Crippen LogP contribution >= 0.6 is 11.6 Å². The maximum absolute atomic E-state index is 12.3. The van der Waals surface area contributed by atoms with Crippen molar-refractivity contribution in [1.29, 1.82) is 0 Å². The van der Waals surface area contributed by atoms with E-state index in [9.17, 15) is 22.0 Å². The highest BCUT2D eigenvalue weighted by Gasteiger charge is 2.60. The van der Waals surface area contributed by atoms with Crippen LogP contribution in [-0.4, -0.2) is 29.2 Å². The van der Waals surface area contributed by atoms with E-state index in [1.165, 1.54) is 0 Å². The predicted molar refractivity (Wildman–Crippen MR) is 27.7 cm³/mol. The summed E-state index contributed by atoms with van der Waals surface area (Å²) in [7, 11) is 0. The van der Waals surface area contributed by atoms with Crippen molar-refractivity contribution in [2.45, 2.75) is 17.5 Å². The van der Waals surface area contributed by atoms with E-state index >= 15 is 0 Å². The van der Waals surface area contributed by atoms with Crippen LogP contribution in [0.5, 0.6) is 0 Å². The highest BCUT2D eigenvalue weighted by molar-refractivity contribution is 6.22. The Hall–Kier alpha value is -0.100. The summed E-state index contributed by atoms with van der Waals surface area (Å²) in [4.78, 5) is 0. The molecule has 0 fully saturated rings. The molecular weight excluding hydrogens is 194 g/mol. The maximum Gasteiger partial charge on any atom is 0.363 e. The van der Waals surface area contributed by atoms with E-state index in [0.717, 1.165) is 0 Å². The monoisotopic (exact) mass is 198 g/mol. The third-order valence-electron chi connectivity index (χ3n) is 1.05. The predicted octanol–water partition coefficient (Wildman–Crippen LogP) is 1.78. The highest BCUT2D eigenvalue weighted by atomic mass is 35.5. The second-order valence-electron chi connectivity index (χ2n) is 1.82. The fraction of sp³-hybridized carbons (Fsp3) is 1.00. The largest absolute Gasteiger partial charge is 0.393 e. The molecule has 1 nitrogen and oxygen atoms in total. The zero-order valence-corrected chi connectivity index (χ0v) is 5.76. The minimum atomic E-state index is -4.77. The van der Waals surface area contributed by atoms with Gasteiger partial charge in [0.2, 0.25) is 0 Å². The lowest BCUT2D eigenvalue weighted by molar-refractivity contribution is -0.170. The summed E-state index contributed by atoms with van der Waals surface area (Å²) in [6, 6.07) is 0. The van der Waals surface area contributed by atoms with Crippen LogP contribution in [0.4, 0.5) is 22.0 Å². The molecule has 0 aliphatic heterocycles. The Morgan fingerprint density at radius 3 is 1.64 bits per heavy atom. The molecule has 0 rings (SSSR count). The molecule has 1 atom stereocenters. The van der Waals surface area contributed by atoms with Gasteiger partial charge in [0, 0.05) is 0 Å². The molecule has 0 aliphatic carbocycles. The summed E-state index contributed by atoms with van der Waals surface area (Å²) < 4.78 is 58.8. The van der Waals surface area contributed by atoms with E-state index in [4.69, 9.17) is 5.11 Å². The van der Waals surface area contributed by atoms with Crippen molar-refractivity contribution in [3.05, 3.63) is 0 Å². The third kappa shape index (κ3) is 1.93. The van der Waals surface area contributed by atoms with Crippen LogP contribution in [-0.2, 0) is 0 Å². The molecule has 0 amide bonds. The van der Waals surface area contributed by atoms with Crippen molar-refractivity contribution < 1.29 is 27.1 Å². The normalized spacial score (nSPS) is 18.5. The molecule has 0 bridgehead atoms. The van der Waals surface area contributed by atoms with E-state index < -0.39 is 24.1 Å². The lowest BCUT2D eigenvalue weighted by Crippen LogP contribution is -2.49. The first-order chi connectivity index (χ1) is 4.75. The van der Waals surface area contributed by atoms with E-state index in [1.54, 1.807) is 0 Å². The minimum absolute atomic E-state index is 2.03. The van der Waals surface area contributed by atoms with Crippen molar-refractivity contribution in [2.75, 3.05) is 6.61 Å². The maximum atomic E-state index is 12.3. The van der Waals surface area contributed by atoms with Crippen LogP contribution in [0.3, 0.4) is 0 Å². The van der Waals surface area contributed by atoms with Crippen molar-refractivity contribution in [2.24, 2.45) is 0 Å². The summed E-state index contributed by atoms with van der Waals surface area (Å²) >= 11 is 3.99. The Bertz CT molecular complexity index is 135. The molecule has 1 N–H and O–H groups in total. The van der Waals surface area contributed by atoms with Crippen molar-refractivity contribution in [3.63, 3.8) is 0 Å². The molecule has 0 aromatic heterocycles. The standard InChI is InChI=1S/C4H4ClF5O/c5-4(9,10)3(8,1-11)2(6)7/h2,11H,1H2. The van der Waals surface area contributed by atoms with Crippen LogP contribution < -0.4 is 0 Å². The quantitative estimate of drug-likeness (QED) is 0.541. The molecule has 11 heavy (non-hydrogen) atoms. The van der Waals surface area contributed by atoms with Crippen LogP contribution in [0.25, 0.3) is 0 Å². The van der Waals surface area contributed by atoms with E-state index in [2.05, 4.69) is 11.6 Å². The second-order valence-corrected chi connectivity index (χ2v) is 2.29. The topological polar surface area (TPSA) is 20.2 Å². The third-order valence-corrected chi connectivity index (χ3v) is 1.36. The van der Waals surface area contributed by atoms with Gasteiger partial charge < -0.3 is 5.11 Å². The van der Waals surface area contributed by atoms with Crippen molar-refractivity contribution in [3.8, 4) is 0 Å². The van der Waals surface area contributed by atoms with Gasteiger partial charge in [-0.3, -0.25) is 0 Å². The Morgan fingerprint density at radius 2 is 1.64 bits per heavy atom. The van der Waals surface area contributed by atoms with Gasteiger partial charge in [-0.05, 0) is 11.6 Å². The SMILES string of the molecule is OCC(F)(C(F)F)C(F)(F)Cl. The lowest BCUT2D eigenvalue weighted by Gasteiger charge is -2.25. The number of rotatable bonds is 3. The first-order valence-corrected chi connectivity index (χ1v) is 2.78. The first kappa shape index (κ1) is 10.9. The average molecular weight is 199 g/mol. The van der Waals surface area contributed by atoms with Crippen molar-refractivity contribution >= 4 is 11.6 Å². The first-order valence-electron chi connectivity index (χ1n) is 2.40. The van der Waals surface area contributed by atoms with Gasteiger partial charge in [-0.15, -0.1) is 0 Å². The molecule has 0 aromatic carbocycles. The van der Waals surface area contributed by atoms with Gasteiger partial charge in [-0.25, -0.2) is 13.2 Å². The summed E-state index contributed by atoms with van der Waals surface area (Å²) in [6.45, 7) is -2.03. The molecule has 68 valence electrons. The van der Waals surface area contributed by atoms with E-state index in [-0.39, 0.29) is 0 Å². The number of alkyl halides is 6.